The molecule has 0 spiro atoms. The van der Waals surface area contributed by atoms with E-state index in [0.717, 1.165) is 12.2 Å². The van der Waals surface area contributed by atoms with Gasteiger partial charge in [0.05, 0.1) is 18.4 Å². The number of hydrogen-bond donors (Lipinski definition) is 3. The first kappa shape index (κ1) is 14.5. The number of nitrogens with one attached hydrogen (secondary N) is 2. The number of amides is 2. The number of aromatic nitrogens is 2. The Balaban J connectivity index is 1.94. The third-order valence-corrected chi connectivity index (χ3v) is 2.61. The van der Waals surface area contributed by atoms with Crippen LogP contribution in [0, 0.1) is 0 Å². The van der Waals surface area contributed by atoms with Crippen LogP contribution in [0.3, 0.4) is 0 Å². The first-order valence-electron chi connectivity index (χ1n) is 6.27. The summed E-state index contributed by atoms with van der Waals surface area (Å²) < 4.78 is 5.34. The lowest BCUT2D eigenvalue weighted by molar-refractivity contribution is 0.0691. The van der Waals surface area contributed by atoms with E-state index in [9.17, 15) is 9.59 Å². The predicted molar refractivity (Wildman–Crippen MR) is 72.9 cm³/mol. The lowest BCUT2D eigenvalue weighted by Crippen LogP contribution is -2.29. The van der Waals surface area contributed by atoms with Crippen molar-refractivity contribution in [2.45, 2.75) is 19.9 Å². The van der Waals surface area contributed by atoms with Crippen molar-refractivity contribution in [2.24, 2.45) is 0 Å². The van der Waals surface area contributed by atoms with Crippen molar-refractivity contribution in [2.75, 3.05) is 5.32 Å². The molecule has 2 heterocycles. The molecule has 0 unspecified atom stereocenters. The van der Waals surface area contributed by atoms with Gasteiger partial charge in [-0.15, -0.1) is 0 Å². The van der Waals surface area contributed by atoms with Crippen molar-refractivity contribution >= 4 is 17.7 Å². The Morgan fingerprint density at radius 1 is 1.38 bits per heavy atom. The van der Waals surface area contributed by atoms with E-state index >= 15 is 0 Å². The van der Waals surface area contributed by atoms with Crippen molar-refractivity contribution in [3.05, 3.63) is 41.9 Å². The molecule has 2 aromatic rings. The van der Waals surface area contributed by atoms with Crippen molar-refractivity contribution in [1.82, 2.24) is 15.3 Å². The summed E-state index contributed by atoms with van der Waals surface area (Å²) in [6, 6.07) is 2.42. The maximum Gasteiger partial charge on any atom is 0.356 e. The molecule has 3 N–H and O–H groups in total. The fourth-order valence-electron chi connectivity index (χ4n) is 1.59. The Morgan fingerprint density at radius 2 is 2.19 bits per heavy atom. The summed E-state index contributed by atoms with van der Waals surface area (Å²) in [7, 11) is 0. The van der Waals surface area contributed by atoms with Crippen LogP contribution in [0.5, 0.6) is 0 Å². The van der Waals surface area contributed by atoms with Gasteiger partial charge in [0.25, 0.3) is 0 Å². The number of rotatable bonds is 5. The van der Waals surface area contributed by atoms with Gasteiger partial charge in [-0.25, -0.2) is 19.6 Å². The fourth-order valence-corrected chi connectivity index (χ4v) is 1.59. The highest BCUT2D eigenvalue weighted by atomic mass is 16.4. The van der Waals surface area contributed by atoms with E-state index in [-0.39, 0.29) is 17.9 Å². The van der Waals surface area contributed by atoms with Crippen molar-refractivity contribution < 1.29 is 19.1 Å². The SMILES string of the molecule is CCc1cnc(CNC(=O)Nc2cccnc2C(=O)O)o1. The molecular weight excluding hydrogens is 276 g/mol. The number of carbonyl (C=O) groups is 2. The maximum atomic E-state index is 11.7. The topological polar surface area (TPSA) is 117 Å². The molecule has 8 nitrogen and oxygen atoms in total. The number of carboxylic acid groups (broad SMARTS) is 1. The second kappa shape index (κ2) is 6.51. The number of aromatic carboxylic acids is 1. The van der Waals surface area contributed by atoms with E-state index < -0.39 is 12.0 Å². The number of carboxylic acids is 1. The molecule has 0 fully saturated rings. The lowest BCUT2D eigenvalue weighted by atomic mass is 10.3. The van der Waals surface area contributed by atoms with Gasteiger partial charge in [0.1, 0.15) is 5.76 Å². The average molecular weight is 290 g/mol. The highest BCUT2D eigenvalue weighted by Crippen LogP contribution is 2.11. The zero-order chi connectivity index (χ0) is 15.2. The van der Waals surface area contributed by atoms with Crippen molar-refractivity contribution in [1.29, 1.82) is 0 Å². The predicted octanol–water partition coefficient (Wildman–Crippen LogP) is 1.65. The molecule has 2 aromatic heterocycles. The summed E-state index contributed by atoms with van der Waals surface area (Å²) >= 11 is 0. The molecule has 0 aliphatic rings. The Hall–Kier alpha value is -2.90. The quantitative estimate of drug-likeness (QED) is 0.770. The molecule has 110 valence electrons. The number of anilines is 1. The number of pyridine rings is 1. The van der Waals surface area contributed by atoms with Crippen LogP contribution in [0.1, 0.15) is 29.1 Å². The molecule has 8 heteroatoms. The molecule has 2 amide bonds. The highest BCUT2D eigenvalue weighted by molar-refractivity contribution is 5.98. The van der Waals surface area contributed by atoms with Crippen LogP contribution in [0.25, 0.3) is 0 Å². The second-order valence-corrected chi connectivity index (χ2v) is 4.09. The lowest BCUT2D eigenvalue weighted by Gasteiger charge is -2.07. The maximum absolute atomic E-state index is 11.7. The van der Waals surface area contributed by atoms with Crippen LogP contribution in [-0.2, 0) is 13.0 Å². The molecule has 0 saturated heterocycles. The number of carbonyl (C=O) groups excluding carboxylic acids is 1. The average Bonchev–Trinajstić information content (AvgIpc) is 2.93. The van der Waals surface area contributed by atoms with Crippen LogP contribution >= 0.6 is 0 Å². The Kier molecular flexibility index (Phi) is 4.50. The van der Waals surface area contributed by atoms with Gasteiger partial charge in [-0.2, -0.15) is 0 Å². The van der Waals surface area contributed by atoms with Gasteiger partial charge in [-0.05, 0) is 12.1 Å². The van der Waals surface area contributed by atoms with Gasteiger partial charge in [0.2, 0.25) is 5.89 Å². The van der Waals surface area contributed by atoms with Crippen molar-refractivity contribution in [3.8, 4) is 0 Å². The summed E-state index contributed by atoms with van der Waals surface area (Å²) in [5.74, 6) is -0.106. The van der Waals surface area contributed by atoms with Crippen LogP contribution in [0.2, 0.25) is 0 Å². The van der Waals surface area contributed by atoms with Crippen LogP contribution < -0.4 is 10.6 Å². The minimum Gasteiger partial charge on any atom is -0.476 e. The molecule has 2 rings (SSSR count). The van der Waals surface area contributed by atoms with E-state index in [0.29, 0.717) is 5.89 Å². The molecule has 21 heavy (non-hydrogen) atoms. The minimum absolute atomic E-state index is 0.106. The molecular formula is C13H14N4O4. The first-order chi connectivity index (χ1) is 10.1. The molecule has 0 aliphatic carbocycles. The monoisotopic (exact) mass is 290 g/mol. The number of nitrogens with zero attached hydrogens (tertiary/aromatic N) is 2. The zero-order valence-corrected chi connectivity index (χ0v) is 11.3. The Bertz CT molecular complexity index is 653. The zero-order valence-electron chi connectivity index (χ0n) is 11.3. The summed E-state index contributed by atoms with van der Waals surface area (Å²) in [5.41, 5.74) is -0.110. The summed E-state index contributed by atoms with van der Waals surface area (Å²) in [5, 5.41) is 13.9. The van der Waals surface area contributed by atoms with E-state index in [1.165, 1.54) is 18.3 Å². The molecule has 0 aliphatic heterocycles. The Morgan fingerprint density at radius 3 is 2.86 bits per heavy atom. The first-order valence-corrected chi connectivity index (χ1v) is 6.27. The van der Waals surface area contributed by atoms with Crippen LogP contribution in [-0.4, -0.2) is 27.1 Å². The highest BCUT2D eigenvalue weighted by Gasteiger charge is 2.13. The fraction of sp³-hybridized carbons (Fsp3) is 0.231. The standard InChI is InChI=1S/C13H14N4O4/c1-2-8-6-15-10(21-8)7-16-13(20)17-9-4-3-5-14-11(9)12(18)19/h3-6H,2,7H2,1H3,(H,18,19)(H2,16,17,20). The summed E-state index contributed by atoms with van der Waals surface area (Å²) in [6.45, 7) is 2.04. The van der Waals surface area contributed by atoms with Gasteiger partial charge in [0.15, 0.2) is 5.69 Å². The molecule has 0 bridgehead atoms. The van der Waals surface area contributed by atoms with Crippen molar-refractivity contribution in [3.63, 3.8) is 0 Å². The smallest absolute Gasteiger partial charge is 0.356 e. The van der Waals surface area contributed by atoms with Gasteiger partial charge in [-0.1, -0.05) is 6.92 Å². The van der Waals surface area contributed by atoms with E-state index in [1.807, 2.05) is 6.92 Å². The Labute approximate surface area is 120 Å². The molecule has 0 atom stereocenters. The number of urea groups is 1. The largest absolute Gasteiger partial charge is 0.476 e. The van der Waals surface area contributed by atoms with E-state index in [4.69, 9.17) is 9.52 Å². The summed E-state index contributed by atoms with van der Waals surface area (Å²) in [6.07, 6.45) is 3.65. The van der Waals surface area contributed by atoms with Crippen LogP contribution in [0.15, 0.2) is 28.9 Å². The number of aryl methyl sites for hydroxylation is 1. The van der Waals surface area contributed by atoms with Gasteiger partial charge >= 0.3 is 12.0 Å². The van der Waals surface area contributed by atoms with E-state index in [1.54, 1.807) is 6.20 Å². The number of hydrogen-bond acceptors (Lipinski definition) is 5. The van der Waals surface area contributed by atoms with Gasteiger partial charge in [-0.3, -0.25) is 0 Å². The summed E-state index contributed by atoms with van der Waals surface area (Å²) in [4.78, 5) is 30.4. The normalized spacial score (nSPS) is 10.1. The van der Waals surface area contributed by atoms with Gasteiger partial charge in [0, 0.05) is 12.6 Å². The number of oxazole rings is 1. The molecule has 0 radical (unpaired) electrons. The third kappa shape index (κ3) is 3.78. The molecule has 0 aromatic carbocycles. The van der Waals surface area contributed by atoms with Gasteiger partial charge < -0.3 is 20.2 Å². The van der Waals surface area contributed by atoms with E-state index in [2.05, 4.69) is 20.6 Å². The molecule has 0 saturated carbocycles. The van der Waals surface area contributed by atoms with Crippen LogP contribution in [0.4, 0.5) is 10.5 Å². The minimum atomic E-state index is -1.22. The third-order valence-electron chi connectivity index (χ3n) is 2.61. The second-order valence-electron chi connectivity index (χ2n) is 4.09.